The molecule has 9 heteroatoms. The van der Waals surface area contributed by atoms with Crippen LogP contribution in [0.15, 0.2) is 36.4 Å². The van der Waals surface area contributed by atoms with Crippen LogP contribution < -0.4 is 19.5 Å². The number of hydrogen-bond donors (Lipinski definition) is 2. The Bertz CT molecular complexity index is 946. The quantitative estimate of drug-likeness (QED) is 0.828. The molecule has 0 saturated heterocycles. The molecule has 0 aromatic heterocycles. The molecule has 2 N–H and O–H groups in total. The van der Waals surface area contributed by atoms with Gasteiger partial charge >= 0.3 is 0 Å². The number of fused-ring (bicyclic) bond motifs is 1. The number of nitrogens with one attached hydrogen (secondary N) is 2. The van der Waals surface area contributed by atoms with Crippen LogP contribution in [0.4, 0.5) is 11.4 Å². The summed E-state index contributed by atoms with van der Waals surface area (Å²) in [4.78, 5) is 12.6. The van der Waals surface area contributed by atoms with Crippen LogP contribution in [-0.2, 0) is 10.0 Å². The number of halogens is 1. The van der Waals surface area contributed by atoms with Crippen LogP contribution in [-0.4, -0.2) is 33.8 Å². The molecule has 0 aliphatic carbocycles. The van der Waals surface area contributed by atoms with Gasteiger partial charge in [0.1, 0.15) is 0 Å². The van der Waals surface area contributed by atoms with Crippen molar-refractivity contribution < 1.29 is 22.7 Å². The van der Waals surface area contributed by atoms with Crippen molar-refractivity contribution in [1.29, 1.82) is 0 Å². The summed E-state index contributed by atoms with van der Waals surface area (Å²) in [5.41, 5.74) is 0.864. The van der Waals surface area contributed by atoms with Gasteiger partial charge < -0.3 is 14.8 Å². The van der Waals surface area contributed by atoms with Crippen molar-refractivity contribution in [3.8, 4) is 11.5 Å². The lowest BCUT2D eigenvalue weighted by molar-refractivity contribution is 0.102. The number of sulfonamides is 1. The highest BCUT2D eigenvalue weighted by Crippen LogP contribution is 2.38. The summed E-state index contributed by atoms with van der Waals surface area (Å²) >= 11 is 6.21. The van der Waals surface area contributed by atoms with E-state index in [4.69, 9.17) is 21.1 Å². The van der Waals surface area contributed by atoms with Gasteiger partial charge in [0.15, 0.2) is 11.5 Å². The molecule has 2 aromatic carbocycles. The normalized spacial score (nSPS) is 13.6. The van der Waals surface area contributed by atoms with Crippen molar-refractivity contribution in [2.75, 3.05) is 29.5 Å². The zero-order valence-electron chi connectivity index (χ0n) is 13.9. The van der Waals surface area contributed by atoms with Crippen molar-refractivity contribution in [3.05, 3.63) is 47.0 Å². The number of anilines is 2. The molecule has 3 rings (SSSR count). The first-order valence-electron chi connectivity index (χ1n) is 7.81. The van der Waals surface area contributed by atoms with Crippen LogP contribution in [0, 0.1) is 0 Å². The maximum atomic E-state index is 12.6. The summed E-state index contributed by atoms with van der Waals surface area (Å²) in [6.07, 6.45) is 1.76. The van der Waals surface area contributed by atoms with Crippen LogP contribution in [0.3, 0.4) is 0 Å². The molecule has 0 atom stereocenters. The Kier molecular flexibility index (Phi) is 5.24. The fourth-order valence-electron chi connectivity index (χ4n) is 2.44. The highest BCUT2D eigenvalue weighted by molar-refractivity contribution is 7.92. The molecular weight excluding hydrogens is 380 g/mol. The maximum Gasteiger partial charge on any atom is 0.255 e. The Hall–Kier alpha value is -2.45. The minimum Gasteiger partial charge on any atom is -0.489 e. The van der Waals surface area contributed by atoms with Crippen LogP contribution in [0.2, 0.25) is 5.02 Å². The highest BCUT2D eigenvalue weighted by atomic mass is 35.5. The van der Waals surface area contributed by atoms with Crippen molar-refractivity contribution in [1.82, 2.24) is 0 Å². The monoisotopic (exact) mass is 396 g/mol. The predicted molar refractivity (Wildman–Crippen MR) is 99.9 cm³/mol. The first kappa shape index (κ1) is 18.3. The Balaban J connectivity index is 1.88. The smallest absolute Gasteiger partial charge is 0.255 e. The summed E-state index contributed by atoms with van der Waals surface area (Å²) in [7, 11) is -3.48. The first-order valence-corrected chi connectivity index (χ1v) is 10.1. The molecule has 26 heavy (non-hydrogen) atoms. The van der Waals surface area contributed by atoms with Gasteiger partial charge in [0.2, 0.25) is 10.0 Å². The fourth-order valence-corrected chi connectivity index (χ4v) is 3.28. The minimum absolute atomic E-state index is 0.267. The van der Waals surface area contributed by atoms with E-state index >= 15 is 0 Å². The van der Waals surface area contributed by atoms with E-state index in [1.807, 2.05) is 0 Å². The van der Waals surface area contributed by atoms with Crippen LogP contribution in [0.5, 0.6) is 11.5 Å². The topological polar surface area (TPSA) is 93.7 Å². The number of benzene rings is 2. The Morgan fingerprint density at radius 3 is 2.54 bits per heavy atom. The van der Waals surface area contributed by atoms with Crippen LogP contribution in [0.25, 0.3) is 0 Å². The van der Waals surface area contributed by atoms with Gasteiger partial charge in [0.05, 0.1) is 35.9 Å². The van der Waals surface area contributed by atoms with Gasteiger partial charge in [-0.2, -0.15) is 0 Å². The lowest BCUT2D eigenvalue weighted by atomic mass is 10.1. The number of amides is 1. The third-order valence-electron chi connectivity index (χ3n) is 3.53. The van der Waals surface area contributed by atoms with E-state index in [0.717, 1.165) is 12.7 Å². The van der Waals surface area contributed by atoms with Crippen molar-refractivity contribution in [2.45, 2.75) is 6.42 Å². The molecule has 0 fully saturated rings. The van der Waals surface area contributed by atoms with E-state index in [0.29, 0.717) is 30.4 Å². The summed E-state index contributed by atoms with van der Waals surface area (Å²) in [6, 6.07) is 9.52. The molecule has 0 bridgehead atoms. The van der Waals surface area contributed by atoms with E-state index in [1.165, 1.54) is 6.07 Å². The number of carbonyl (C=O) groups excluding carboxylic acids is 1. The van der Waals surface area contributed by atoms with Gasteiger partial charge in [-0.3, -0.25) is 9.52 Å². The lowest BCUT2D eigenvalue weighted by Gasteiger charge is -2.14. The van der Waals surface area contributed by atoms with Gasteiger partial charge in [0, 0.05) is 12.0 Å². The number of hydrogen-bond acceptors (Lipinski definition) is 5. The molecule has 0 unspecified atom stereocenters. The number of rotatable bonds is 4. The number of para-hydroxylation sites is 2. The third kappa shape index (κ3) is 4.39. The maximum absolute atomic E-state index is 12.6. The Morgan fingerprint density at radius 1 is 1.12 bits per heavy atom. The van der Waals surface area contributed by atoms with Gasteiger partial charge in [0.25, 0.3) is 5.91 Å². The average molecular weight is 397 g/mol. The molecule has 7 nitrogen and oxygen atoms in total. The molecule has 0 saturated carbocycles. The second kappa shape index (κ2) is 7.43. The zero-order chi connectivity index (χ0) is 18.7. The summed E-state index contributed by atoms with van der Waals surface area (Å²) in [6.45, 7) is 0.957. The molecule has 138 valence electrons. The van der Waals surface area contributed by atoms with Gasteiger partial charge in [-0.1, -0.05) is 23.7 Å². The minimum atomic E-state index is -3.48. The Morgan fingerprint density at radius 2 is 1.81 bits per heavy atom. The third-order valence-corrected chi connectivity index (χ3v) is 4.41. The first-order chi connectivity index (χ1) is 12.3. The molecule has 2 aromatic rings. The van der Waals surface area contributed by atoms with E-state index in [9.17, 15) is 13.2 Å². The van der Waals surface area contributed by atoms with Crippen molar-refractivity contribution in [3.63, 3.8) is 0 Å². The van der Waals surface area contributed by atoms with Gasteiger partial charge in [-0.25, -0.2) is 8.42 Å². The van der Waals surface area contributed by atoms with E-state index < -0.39 is 15.9 Å². The standard InChI is InChI=1S/C17H17ClN2O5S/c1-26(22,23)20-14-6-3-2-5-13(14)19-17(21)11-9-12(18)16-15(10-11)24-7-4-8-25-16/h2-3,5-6,9-10,20H,4,7-8H2,1H3,(H,19,21). The fraction of sp³-hybridized carbons (Fsp3) is 0.235. The molecule has 0 radical (unpaired) electrons. The van der Waals surface area contributed by atoms with Crippen molar-refractivity contribution in [2.24, 2.45) is 0 Å². The lowest BCUT2D eigenvalue weighted by Crippen LogP contribution is -2.16. The van der Waals surface area contributed by atoms with Gasteiger partial charge in [-0.15, -0.1) is 0 Å². The second-order valence-corrected chi connectivity index (χ2v) is 7.87. The molecule has 0 spiro atoms. The zero-order valence-corrected chi connectivity index (χ0v) is 15.5. The summed E-state index contributed by atoms with van der Waals surface area (Å²) in [5.74, 6) is 0.368. The van der Waals surface area contributed by atoms with Gasteiger partial charge in [-0.05, 0) is 24.3 Å². The molecule has 1 aliphatic rings. The molecule has 1 heterocycles. The van der Waals surface area contributed by atoms with Crippen molar-refractivity contribution >= 4 is 38.9 Å². The number of carbonyl (C=O) groups is 1. The second-order valence-electron chi connectivity index (χ2n) is 5.71. The summed E-state index contributed by atoms with van der Waals surface area (Å²) < 4.78 is 36.4. The van der Waals surface area contributed by atoms with Crippen LogP contribution in [0.1, 0.15) is 16.8 Å². The van der Waals surface area contributed by atoms with E-state index in [2.05, 4.69) is 10.0 Å². The SMILES string of the molecule is CS(=O)(=O)Nc1ccccc1NC(=O)c1cc(Cl)c2c(c1)OCCCO2. The average Bonchev–Trinajstić information content (AvgIpc) is 2.81. The molecule has 1 amide bonds. The van der Waals surface area contributed by atoms with E-state index in [-0.39, 0.29) is 16.3 Å². The highest BCUT2D eigenvalue weighted by Gasteiger charge is 2.19. The molecular formula is C17H17ClN2O5S. The van der Waals surface area contributed by atoms with Crippen LogP contribution >= 0.6 is 11.6 Å². The molecule has 1 aliphatic heterocycles. The van der Waals surface area contributed by atoms with E-state index in [1.54, 1.807) is 30.3 Å². The predicted octanol–water partition coefficient (Wildman–Crippen LogP) is 3.13. The Labute approximate surface area is 156 Å². The number of ether oxygens (including phenoxy) is 2. The largest absolute Gasteiger partial charge is 0.489 e. The summed E-state index contributed by atoms with van der Waals surface area (Å²) in [5, 5.41) is 2.95.